The van der Waals surface area contributed by atoms with E-state index in [0.717, 1.165) is 16.0 Å². The summed E-state index contributed by atoms with van der Waals surface area (Å²) in [6.45, 7) is 8.38. The summed E-state index contributed by atoms with van der Waals surface area (Å²) in [5.74, 6) is 0. The topological polar surface area (TPSA) is 30.9 Å². The third-order valence-corrected chi connectivity index (χ3v) is 3.28. The molecule has 1 aromatic carbocycles. The Labute approximate surface area is 107 Å². The van der Waals surface area contributed by atoms with Crippen LogP contribution in [0.5, 0.6) is 0 Å². The van der Waals surface area contributed by atoms with Gasteiger partial charge in [0.1, 0.15) is 0 Å². The predicted molar refractivity (Wildman–Crippen MR) is 74.5 cm³/mol. The van der Waals surface area contributed by atoms with Gasteiger partial charge in [0.2, 0.25) is 0 Å². The molecule has 3 heteroatoms. The van der Waals surface area contributed by atoms with Crippen LogP contribution in [0.4, 0.5) is 0 Å². The van der Waals surface area contributed by atoms with E-state index < -0.39 is 0 Å². The Morgan fingerprint density at radius 3 is 2.47 bits per heavy atom. The number of hydrogen-bond donors (Lipinski definition) is 1. The van der Waals surface area contributed by atoms with Crippen LogP contribution in [0.3, 0.4) is 0 Å². The van der Waals surface area contributed by atoms with Crippen molar-refractivity contribution in [3.05, 3.63) is 35.0 Å². The van der Waals surface area contributed by atoms with E-state index in [1.54, 1.807) is 0 Å². The van der Waals surface area contributed by atoms with Crippen LogP contribution in [0.25, 0.3) is 10.9 Å². The third-order valence-electron chi connectivity index (χ3n) is 3.05. The van der Waals surface area contributed by atoms with Gasteiger partial charge in [-0.05, 0) is 51.5 Å². The smallest absolute Gasteiger partial charge is 0.0487 e. The molecule has 0 aliphatic carbocycles. The molecule has 92 valence electrons. The number of nitrogens with zero attached hydrogens (tertiary/aromatic N) is 1. The molecule has 17 heavy (non-hydrogen) atoms. The van der Waals surface area contributed by atoms with Crippen LogP contribution in [-0.2, 0) is 5.54 Å². The van der Waals surface area contributed by atoms with Crippen molar-refractivity contribution in [2.45, 2.75) is 39.3 Å². The van der Waals surface area contributed by atoms with Crippen LogP contribution in [-0.4, -0.2) is 4.57 Å². The first-order valence-corrected chi connectivity index (χ1v) is 6.28. The average Bonchev–Trinajstić information content (AvgIpc) is 2.55. The van der Waals surface area contributed by atoms with Crippen molar-refractivity contribution < 1.29 is 0 Å². The normalized spacial score (nSPS) is 12.6. The lowest BCUT2D eigenvalue weighted by Gasteiger charge is -2.17. The van der Waals surface area contributed by atoms with Gasteiger partial charge in [-0.25, -0.2) is 0 Å². The second kappa shape index (κ2) is 4.04. The first-order chi connectivity index (χ1) is 7.80. The van der Waals surface area contributed by atoms with Gasteiger partial charge < -0.3 is 10.3 Å². The molecule has 2 N–H and O–H groups in total. The molecule has 0 aliphatic heterocycles. The molecule has 0 saturated carbocycles. The van der Waals surface area contributed by atoms with E-state index in [2.05, 4.69) is 30.7 Å². The zero-order valence-electron chi connectivity index (χ0n) is 10.8. The third kappa shape index (κ3) is 2.20. The Morgan fingerprint density at radius 1 is 1.29 bits per heavy atom. The van der Waals surface area contributed by atoms with Crippen LogP contribution in [0.2, 0.25) is 5.02 Å². The van der Waals surface area contributed by atoms with E-state index in [0.29, 0.717) is 6.04 Å². The van der Waals surface area contributed by atoms with Gasteiger partial charge in [0.25, 0.3) is 0 Å². The van der Waals surface area contributed by atoms with Crippen molar-refractivity contribution in [1.82, 2.24) is 4.57 Å². The molecule has 0 unspecified atom stereocenters. The van der Waals surface area contributed by atoms with Crippen LogP contribution >= 0.6 is 11.6 Å². The highest BCUT2D eigenvalue weighted by atomic mass is 35.5. The fourth-order valence-corrected chi connectivity index (χ4v) is 2.34. The standard InChI is InChI=1S/C14H19ClN2/c1-9(2)17-8-12(14(3,4)16)11-7-10(15)5-6-13(11)17/h5-9H,16H2,1-4H3. The van der Waals surface area contributed by atoms with E-state index in [1.807, 2.05) is 26.0 Å². The van der Waals surface area contributed by atoms with Crippen molar-refractivity contribution in [2.75, 3.05) is 0 Å². The van der Waals surface area contributed by atoms with E-state index in [9.17, 15) is 0 Å². The Kier molecular flexibility index (Phi) is 2.96. The molecule has 0 aliphatic rings. The average molecular weight is 251 g/mol. The maximum atomic E-state index is 6.23. The molecule has 1 aromatic heterocycles. The molecular weight excluding hydrogens is 232 g/mol. The molecule has 0 radical (unpaired) electrons. The van der Waals surface area contributed by atoms with Gasteiger partial charge in [-0.1, -0.05) is 11.6 Å². The first-order valence-electron chi connectivity index (χ1n) is 5.90. The summed E-state index contributed by atoms with van der Waals surface area (Å²) in [4.78, 5) is 0. The Hall–Kier alpha value is -0.990. The highest BCUT2D eigenvalue weighted by molar-refractivity contribution is 6.31. The van der Waals surface area contributed by atoms with Crippen LogP contribution in [0.15, 0.2) is 24.4 Å². The van der Waals surface area contributed by atoms with Gasteiger partial charge in [-0.2, -0.15) is 0 Å². The molecule has 0 bridgehead atoms. The summed E-state index contributed by atoms with van der Waals surface area (Å²) in [5, 5.41) is 1.91. The lowest BCUT2D eigenvalue weighted by molar-refractivity contribution is 0.549. The van der Waals surface area contributed by atoms with Gasteiger partial charge in [-0.15, -0.1) is 0 Å². The number of halogens is 1. The number of benzene rings is 1. The van der Waals surface area contributed by atoms with Crippen LogP contribution in [0, 0.1) is 0 Å². The molecule has 2 nitrogen and oxygen atoms in total. The summed E-state index contributed by atoms with van der Waals surface area (Å²) in [6.07, 6.45) is 2.14. The Balaban J connectivity index is 2.80. The summed E-state index contributed by atoms with van der Waals surface area (Å²) in [6, 6.07) is 6.40. The fraction of sp³-hybridized carbons (Fsp3) is 0.429. The van der Waals surface area contributed by atoms with Gasteiger partial charge >= 0.3 is 0 Å². The Bertz CT molecular complexity index is 547. The molecule has 2 aromatic rings. The molecule has 0 spiro atoms. The molecule has 1 heterocycles. The maximum Gasteiger partial charge on any atom is 0.0487 e. The van der Waals surface area contributed by atoms with E-state index in [4.69, 9.17) is 17.3 Å². The fourth-order valence-electron chi connectivity index (χ4n) is 2.17. The van der Waals surface area contributed by atoms with Gasteiger partial charge in [-0.3, -0.25) is 0 Å². The highest BCUT2D eigenvalue weighted by Crippen LogP contribution is 2.32. The second-order valence-corrected chi connectivity index (χ2v) is 5.86. The minimum atomic E-state index is -0.358. The largest absolute Gasteiger partial charge is 0.345 e. The van der Waals surface area contributed by atoms with Crippen molar-refractivity contribution >= 4 is 22.5 Å². The van der Waals surface area contributed by atoms with Crippen molar-refractivity contribution in [2.24, 2.45) is 5.73 Å². The number of hydrogen-bond acceptors (Lipinski definition) is 1. The van der Waals surface area contributed by atoms with Gasteiger partial charge in [0.05, 0.1) is 0 Å². The first kappa shape index (κ1) is 12.5. The number of rotatable bonds is 2. The lowest BCUT2D eigenvalue weighted by Crippen LogP contribution is -2.28. The summed E-state index contributed by atoms with van der Waals surface area (Å²) in [7, 11) is 0. The zero-order valence-corrected chi connectivity index (χ0v) is 11.5. The maximum absolute atomic E-state index is 6.23. The predicted octanol–water partition coefficient (Wildman–Crippen LogP) is 4.07. The minimum Gasteiger partial charge on any atom is -0.345 e. The lowest BCUT2D eigenvalue weighted by atomic mass is 9.95. The molecule has 0 amide bonds. The number of nitrogens with two attached hydrogens (primary N) is 1. The summed E-state index contributed by atoms with van der Waals surface area (Å²) in [5.41, 5.74) is 8.21. The molecular formula is C14H19ClN2. The van der Waals surface area contributed by atoms with E-state index in [-0.39, 0.29) is 5.54 Å². The molecule has 0 saturated heterocycles. The van der Waals surface area contributed by atoms with Gasteiger partial charge in [0.15, 0.2) is 0 Å². The summed E-state index contributed by atoms with van der Waals surface area (Å²) >= 11 is 6.08. The minimum absolute atomic E-state index is 0.358. The van der Waals surface area contributed by atoms with Crippen LogP contribution < -0.4 is 5.73 Å². The highest BCUT2D eigenvalue weighted by Gasteiger charge is 2.21. The number of aromatic nitrogens is 1. The monoisotopic (exact) mass is 250 g/mol. The summed E-state index contributed by atoms with van der Waals surface area (Å²) < 4.78 is 2.25. The van der Waals surface area contributed by atoms with Gasteiger partial charge in [0, 0.05) is 33.7 Å². The van der Waals surface area contributed by atoms with Crippen molar-refractivity contribution in [3.8, 4) is 0 Å². The SMILES string of the molecule is CC(C)n1cc(C(C)(C)N)c2cc(Cl)ccc21. The number of fused-ring (bicyclic) bond motifs is 1. The molecule has 0 atom stereocenters. The van der Waals surface area contributed by atoms with Crippen LogP contribution in [0.1, 0.15) is 39.3 Å². The van der Waals surface area contributed by atoms with E-state index in [1.165, 1.54) is 5.52 Å². The zero-order chi connectivity index (χ0) is 12.8. The van der Waals surface area contributed by atoms with E-state index >= 15 is 0 Å². The van der Waals surface area contributed by atoms with Crippen molar-refractivity contribution in [3.63, 3.8) is 0 Å². The second-order valence-electron chi connectivity index (χ2n) is 5.43. The Morgan fingerprint density at radius 2 is 1.94 bits per heavy atom. The molecule has 0 fully saturated rings. The molecule has 2 rings (SSSR count). The quantitative estimate of drug-likeness (QED) is 0.856. The van der Waals surface area contributed by atoms with Crippen molar-refractivity contribution in [1.29, 1.82) is 0 Å².